The van der Waals surface area contributed by atoms with Crippen LogP contribution < -0.4 is 0 Å². The summed E-state index contributed by atoms with van der Waals surface area (Å²) in [4.78, 5) is 13.4. The summed E-state index contributed by atoms with van der Waals surface area (Å²) in [6.45, 7) is 0.370. The van der Waals surface area contributed by atoms with Gasteiger partial charge in [0.1, 0.15) is 5.54 Å². The molecule has 0 saturated carbocycles. The van der Waals surface area contributed by atoms with Gasteiger partial charge < -0.3 is 4.74 Å². The van der Waals surface area contributed by atoms with Crippen molar-refractivity contribution in [2.24, 2.45) is 0 Å². The monoisotopic (exact) mass is 189 g/mol. The molecule has 13 heavy (non-hydrogen) atoms. The number of likely N-dealkylation sites (N-methyl/N-ethyl adjacent to an activating group) is 1. The molecule has 1 aliphatic heterocycles. The summed E-state index contributed by atoms with van der Waals surface area (Å²) in [6.07, 6.45) is 1.89. The molecule has 1 unspecified atom stereocenters. The van der Waals surface area contributed by atoms with E-state index in [2.05, 4.69) is 0 Å². The fourth-order valence-corrected chi connectivity index (χ4v) is 2.04. The summed E-state index contributed by atoms with van der Waals surface area (Å²) in [5, 5.41) is 0. The first-order valence-corrected chi connectivity index (χ1v) is 4.53. The van der Waals surface area contributed by atoms with E-state index >= 15 is 0 Å². The van der Waals surface area contributed by atoms with Crippen LogP contribution in [0.3, 0.4) is 0 Å². The van der Waals surface area contributed by atoms with Crippen molar-refractivity contribution >= 4 is 5.97 Å². The van der Waals surface area contributed by atoms with E-state index in [4.69, 9.17) is 4.74 Å². The maximum atomic E-state index is 12.3. The van der Waals surface area contributed by atoms with Crippen LogP contribution in [0.4, 0.5) is 4.39 Å². The van der Waals surface area contributed by atoms with E-state index in [-0.39, 0.29) is 12.4 Å². The normalized spacial score (nSPS) is 29.2. The average Bonchev–Trinajstić information content (AvgIpc) is 2.48. The largest absolute Gasteiger partial charge is 0.468 e. The van der Waals surface area contributed by atoms with Crippen LogP contribution in [0.15, 0.2) is 0 Å². The Bertz CT molecular complexity index is 198. The summed E-state index contributed by atoms with van der Waals surface area (Å²) in [5.74, 6) is -0.301. The van der Waals surface area contributed by atoms with E-state index in [9.17, 15) is 9.18 Å². The Morgan fingerprint density at radius 2 is 2.38 bits per heavy atom. The zero-order valence-corrected chi connectivity index (χ0v) is 8.18. The van der Waals surface area contributed by atoms with Gasteiger partial charge in [0, 0.05) is 6.42 Å². The smallest absolute Gasteiger partial charge is 0.326 e. The number of likely N-dealkylation sites (tertiary alicyclic amines) is 1. The van der Waals surface area contributed by atoms with Gasteiger partial charge in [-0.1, -0.05) is 0 Å². The minimum Gasteiger partial charge on any atom is -0.468 e. The number of carbonyl (C=O) groups excluding carboxylic acids is 1. The highest BCUT2D eigenvalue weighted by Crippen LogP contribution is 2.32. The molecule has 1 rings (SSSR count). The summed E-state index contributed by atoms with van der Waals surface area (Å²) >= 11 is 0. The van der Waals surface area contributed by atoms with Crippen LogP contribution in [0.2, 0.25) is 0 Å². The molecule has 0 N–H and O–H groups in total. The molecule has 1 heterocycles. The minimum atomic E-state index is -0.691. The summed E-state index contributed by atoms with van der Waals surface area (Å²) in [6, 6.07) is 0. The highest BCUT2D eigenvalue weighted by Gasteiger charge is 2.46. The number of rotatable bonds is 3. The molecule has 1 fully saturated rings. The molecular weight excluding hydrogens is 173 g/mol. The maximum Gasteiger partial charge on any atom is 0.326 e. The van der Waals surface area contributed by atoms with Crippen LogP contribution in [0.5, 0.6) is 0 Å². The van der Waals surface area contributed by atoms with E-state index in [1.807, 2.05) is 11.9 Å². The van der Waals surface area contributed by atoms with Crippen LogP contribution >= 0.6 is 0 Å². The molecule has 0 aromatic heterocycles. The Balaban J connectivity index is 2.79. The maximum absolute atomic E-state index is 12.3. The van der Waals surface area contributed by atoms with E-state index < -0.39 is 12.2 Å². The topological polar surface area (TPSA) is 29.5 Å². The second kappa shape index (κ2) is 4.05. The standard InChI is InChI=1S/C9H16FNO2/c1-11-7-3-4-9(11,5-6-10)8(12)13-2/h3-7H2,1-2H3. The van der Waals surface area contributed by atoms with Crippen molar-refractivity contribution in [3.05, 3.63) is 0 Å². The zero-order valence-electron chi connectivity index (χ0n) is 8.18. The van der Waals surface area contributed by atoms with Crippen molar-refractivity contribution < 1.29 is 13.9 Å². The predicted molar refractivity (Wildman–Crippen MR) is 47.2 cm³/mol. The zero-order chi connectivity index (χ0) is 9.90. The number of nitrogens with zero attached hydrogens (tertiary/aromatic N) is 1. The number of carbonyl (C=O) groups is 1. The van der Waals surface area contributed by atoms with E-state index in [1.165, 1.54) is 7.11 Å². The van der Waals surface area contributed by atoms with Crippen molar-refractivity contribution in [1.82, 2.24) is 4.90 Å². The first-order valence-electron chi connectivity index (χ1n) is 4.53. The second-order valence-corrected chi connectivity index (χ2v) is 3.49. The summed E-state index contributed by atoms with van der Waals surface area (Å²) in [7, 11) is 3.20. The van der Waals surface area contributed by atoms with E-state index in [0.29, 0.717) is 6.42 Å². The quantitative estimate of drug-likeness (QED) is 0.620. The molecule has 0 radical (unpaired) electrons. The molecule has 0 spiro atoms. The third-order valence-electron chi connectivity index (χ3n) is 2.89. The first-order chi connectivity index (χ1) is 6.17. The molecule has 0 aromatic rings. The second-order valence-electron chi connectivity index (χ2n) is 3.49. The van der Waals surface area contributed by atoms with Crippen LogP contribution in [0.1, 0.15) is 19.3 Å². The lowest BCUT2D eigenvalue weighted by atomic mass is 9.93. The van der Waals surface area contributed by atoms with Gasteiger partial charge >= 0.3 is 5.97 Å². The van der Waals surface area contributed by atoms with Gasteiger partial charge in [0.05, 0.1) is 13.8 Å². The highest BCUT2D eigenvalue weighted by molar-refractivity contribution is 5.81. The van der Waals surface area contributed by atoms with Gasteiger partial charge in [-0.3, -0.25) is 14.1 Å². The molecule has 0 aliphatic carbocycles. The molecule has 3 nitrogen and oxygen atoms in total. The van der Waals surface area contributed by atoms with Crippen LogP contribution in [0, 0.1) is 0 Å². The molecule has 4 heteroatoms. The lowest BCUT2D eigenvalue weighted by molar-refractivity contribution is -0.153. The fraction of sp³-hybridized carbons (Fsp3) is 0.889. The first kappa shape index (κ1) is 10.4. The Labute approximate surface area is 77.9 Å². The molecule has 0 aromatic carbocycles. The molecule has 1 atom stereocenters. The molecule has 1 saturated heterocycles. The Morgan fingerprint density at radius 1 is 1.69 bits per heavy atom. The van der Waals surface area contributed by atoms with Gasteiger partial charge in [-0.25, -0.2) is 0 Å². The Morgan fingerprint density at radius 3 is 2.77 bits per heavy atom. The number of halogens is 1. The molecule has 0 bridgehead atoms. The van der Waals surface area contributed by atoms with Gasteiger partial charge in [-0.2, -0.15) is 0 Å². The van der Waals surface area contributed by atoms with Crippen molar-refractivity contribution in [2.45, 2.75) is 24.8 Å². The SMILES string of the molecule is COC(=O)C1(CCF)CCCN1C. The third kappa shape index (κ3) is 1.68. The Kier molecular flexibility index (Phi) is 3.25. The van der Waals surface area contributed by atoms with Gasteiger partial charge in [0.15, 0.2) is 0 Å². The Hall–Kier alpha value is -0.640. The van der Waals surface area contributed by atoms with Crippen molar-refractivity contribution in [1.29, 1.82) is 0 Å². The van der Waals surface area contributed by atoms with Crippen LogP contribution in [0.25, 0.3) is 0 Å². The van der Waals surface area contributed by atoms with Crippen molar-refractivity contribution in [2.75, 3.05) is 27.4 Å². The third-order valence-corrected chi connectivity index (χ3v) is 2.89. The lowest BCUT2D eigenvalue weighted by Crippen LogP contribution is -2.49. The predicted octanol–water partition coefficient (Wildman–Crippen LogP) is 0.983. The van der Waals surface area contributed by atoms with E-state index in [1.54, 1.807) is 0 Å². The number of alkyl halides is 1. The van der Waals surface area contributed by atoms with Gasteiger partial charge in [0.25, 0.3) is 0 Å². The number of hydrogen-bond donors (Lipinski definition) is 0. The van der Waals surface area contributed by atoms with Crippen LogP contribution in [-0.4, -0.2) is 43.8 Å². The van der Waals surface area contributed by atoms with Crippen molar-refractivity contribution in [3.8, 4) is 0 Å². The fourth-order valence-electron chi connectivity index (χ4n) is 2.04. The molecular formula is C9H16FNO2. The number of esters is 1. The lowest BCUT2D eigenvalue weighted by Gasteiger charge is -2.32. The summed E-state index contributed by atoms with van der Waals surface area (Å²) in [5.41, 5.74) is -0.691. The minimum absolute atomic E-state index is 0.246. The summed E-state index contributed by atoms with van der Waals surface area (Å²) < 4.78 is 17.0. The molecule has 76 valence electrons. The molecule has 0 amide bonds. The number of ether oxygens (including phenoxy) is 1. The molecule has 1 aliphatic rings. The van der Waals surface area contributed by atoms with Gasteiger partial charge in [-0.05, 0) is 26.4 Å². The number of hydrogen-bond acceptors (Lipinski definition) is 3. The highest BCUT2D eigenvalue weighted by atomic mass is 19.1. The number of methoxy groups -OCH3 is 1. The van der Waals surface area contributed by atoms with Crippen LogP contribution in [-0.2, 0) is 9.53 Å². The van der Waals surface area contributed by atoms with Gasteiger partial charge in [0.2, 0.25) is 0 Å². The van der Waals surface area contributed by atoms with Crippen molar-refractivity contribution in [3.63, 3.8) is 0 Å². The average molecular weight is 189 g/mol. The van der Waals surface area contributed by atoms with E-state index in [0.717, 1.165) is 13.0 Å². The van der Waals surface area contributed by atoms with Gasteiger partial charge in [-0.15, -0.1) is 0 Å².